The number of sulfone groups is 1. The molecule has 0 saturated carbocycles. The Morgan fingerprint density at radius 3 is 2.09 bits per heavy atom. The van der Waals surface area contributed by atoms with Gasteiger partial charge < -0.3 is 19.9 Å². The highest BCUT2D eigenvalue weighted by atomic mass is 32.2. The lowest BCUT2D eigenvalue weighted by molar-refractivity contribution is -0.138. The van der Waals surface area contributed by atoms with Crippen LogP contribution in [0.1, 0.15) is 22.8 Å². The van der Waals surface area contributed by atoms with Crippen molar-refractivity contribution in [2.24, 2.45) is 0 Å². The maximum atomic E-state index is 13.5. The molecule has 0 aromatic heterocycles. The predicted octanol–water partition coefficient (Wildman–Crippen LogP) is 1.22. The highest BCUT2D eigenvalue weighted by molar-refractivity contribution is 7.92. The van der Waals surface area contributed by atoms with Gasteiger partial charge in [-0.3, -0.25) is 14.4 Å². The number of hydrogen-bond acceptors (Lipinski definition) is 6. The first-order valence-electron chi connectivity index (χ1n) is 10.4. The zero-order valence-corrected chi connectivity index (χ0v) is 19.6. The Balaban J connectivity index is 1.94. The van der Waals surface area contributed by atoms with Crippen molar-refractivity contribution in [1.82, 2.24) is 15.1 Å². The van der Waals surface area contributed by atoms with Crippen molar-refractivity contribution >= 4 is 27.6 Å². The number of nitrogens with zero attached hydrogens (tertiary/aromatic N) is 2. The molecule has 1 N–H and O–H groups in total. The lowest BCUT2D eigenvalue weighted by Crippen LogP contribution is -2.57. The molecule has 0 aliphatic carbocycles. The van der Waals surface area contributed by atoms with Gasteiger partial charge >= 0.3 is 0 Å². The third-order valence-electron chi connectivity index (χ3n) is 5.53. The molecule has 176 valence electrons. The van der Waals surface area contributed by atoms with E-state index in [1.54, 1.807) is 35.2 Å². The molecule has 33 heavy (non-hydrogen) atoms. The Morgan fingerprint density at radius 1 is 0.939 bits per heavy atom. The fourth-order valence-corrected chi connectivity index (χ4v) is 5.04. The van der Waals surface area contributed by atoms with E-state index in [-0.39, 0.29) is 35.2 Å². The van der Waals surface area contributed by atoms with Crippen molar-refractivity contribution in [1.29, 1.82) is 0 Å². The number of amides is 3. The summed E-state index contributed by atoms with van der Waals surface area (Å²) in [4.78, 5) is 40.9. The Labute approximate surface area is 193 Å². The maximum Gasteiger partial charge on any atom is 0.261 e. The van der Waals surface area contributed by atoms with Crippen LogP contribution in [0, 0.1) is 6.92 Å². The second kappa shape index (κ2) is 10.0. The summed E-state index contributed by atoms with van der Waals surface area (Å²) in [6.45, 7) is 4.18. The highest BCUT2D eigenvalue weighted by Gasteiger charge is 2.39. The number of carbonyl (C=O) groups excluding carboxylic acids is 3. The summed E-state index contributed by atoms with van der Waals surface area (Å²) in [5, 5.41) is 0.582. The molecular formula is C23H27N3O6S. The third-order valence-corrected chi connectivity index (χ3v) is 7.40. The van der Waals surface area contributed by atoms with Crippen molar-refractivity contribution in [2.75, 3.05) is 33.3 Å². The van der Waals surface area contributed by atoms with E-state index in [0.717, 1.165) is 5.56 Å². The van der Waals surface area contributed by atoms with Gasteiger partial charge in [-0.05, 0) is 31.2 Å². The van der Waals surface area contributed by atoms with Gasteiger partial charge in [0.2, 0.25) is 21.1 Å². The summed E-state index contributed by atoms with van der Waals surface area (Å²) >= 11 is 0. The molecule has 1 atom stereocenters. The molecule has 10 heteroatoms. The van der Waals surface area contributed by atoms with Gasteiger partial charge in [-0.2, -0.15) is 0 Å². The molecule has 0 radical (unpaired) electrons. The SMILES string of the molecule is COc1ccccc1C(=O)NC(C(=O)N1CCN(C(C)=O)CC1)S(=O)(=O)c1ccc(C)cc1. The zero-order valence-electron chi connectivity index (χ0n) is 18.8. The average Bonchev–Trinajstić information content (AvgIpc) is 2.82. The minimum absolute atomic E-state index is 0.0749. The first-order chi connectivity index (χ1) is 15.6. The molecule has 3 amide bonds. The van der Waals surface area contributed by atoms with Crippen LogP contribution >= 0.6 is 0 Å². The predicted molar refractivity (Wildman–Crippen MR) is 121 cm³/mol. The van der Waals surface area contributed by atoms with Crippen LogP contribution < -0.4 is 10.1 Å². The van der Waals surface area contributed by atoms with Crippen molar-refractivity contribution in [2.45, 2.75) is 24.1 Å². The van der Waals surface area contributed by atoms with Gasteiger partial charge in [-0.25, -0.2) is 8.42 Å². The number of rotatable bonds is 6. The molecule has 9 nitrogen and oxygen atoms in total. The quantitative estimate of drug-likeness (QED) is 0.675. The molecule has 1 saturated heterocycles. The summed E-state index contributed by atoms with van der Waals surface area (Å²) in [5.74, 6) is -1.36. The minimum atomic E-state index is -4.26. The van der Waals surface area contributed by atoms with Crippen LogP contribution in [0.4, 0.5) is 0 Å². The first kappa shape index (κ1) is 24.2. The summed E-state index contributed by atoms with van der Waals surface area (Å²) in [6, 6.07) is 12.4. The second-order valence-corrected chi connectivity index (χ2v) is 9.78. The van der Waals surface area contributed by atoms with E-state index in [1.165, 1.54) is 37.1 Å². The van der Waals surface area contributed by atoms with Crippen molar-refractivity contribution < 1.29 is 27.5 Å². The lowest BCUT2D eigenvalue weighted by Gasteiger charge is -2.36. The van der Waals surface area contributed by atoms with Crippen LogP contribution in [0.2, 0.25) is 0 Å². The largest absolute Gasteiger partial charge is 0.496 e. The van der Waals surface area contributed by atoms with Crippen LogP contribution in [0.3, 0.4) is 0 Å². The molecule has 1 unspecified atom stereocenters. The van der Waals surface area contributed by atoms with Crippen molar-refractivity contribution in [3.63, 3.8) is 0 Å². The minimum Gasteiger partial charge on any atom is -0.496 e. The van der Waals surface area contributed by atoms with Gasteiger partial charge in [0.1, 0.15) is 5.75 Å². The van der Waals surface area contributed by atoms with Crippen molar-refractivity contribution in [3.8, 4) is 5.75 Å². The number of aryl methyl sites for hydroxylation is 1. The average molecular weight is 474 g/mol. The normalized spacial score (nSPS) is 15.0. The Kier molecular flexibility index (Phi) is 7.37. The van der Waals surface area contributed by atoms with E-state index in [9.17, 15) is 22.8 Å². The van der Waals surface area contributed by atoms with E-state index in [4.69, 9.17) is 4.74 Å². The molecule has 3 rings (SSSR count). The topological polar surface area (TPSA) is 113 Å². The summed E-state index contributed by atoms with van der Waals surface area (Å²) in [7, 11) is -2.87. The molecule has 2 aromatic carbocycles. The molecule has 0 bridgehead atoms. The van der Waals surface area contributed by atoms with Crippen molar-refractivity contribution in [3.05, 3.63) is 59.7 Å². The number of ether oxygens (including phenoxy) is 1. The van der Waals surface area contributed by atoms with Gasteiger partial charge in [0.25, 0.3) is 11.8 Å². The van der Waals surface area contributed by atoms with E-state index >= 15 is 0 Å². The Morgan fingerprint density at radius 2 is 1.52 bits per heavy atom. The van der Waals surface area contributed by atoms with Gasteiger partial charge in [0.15, 0.2) is 0 Å². The smallest absolute Gasteiger partial charge is 0.261 e. The van der Waals surface area contributed by atoms with Crippen LogP contribution in [-0.4, -0.2) is 74.6 Å². The number of nitrogens with one attached hydrogen (secondary N) is 1. The highest BCUT2D eigenvalue weighted by Crippen LogP contribution is 2.21. The van der Waals surface area contributed by atoms with Crippen LogP contribution in [0.15, 0.2) is 53.4 Å². The summed E-state index contributed by atoms with van der Waals surface area (Å²) < 4.78 is 32.1. The van der Waals surface area contributed by atoms with E-state index < -0.39 is 27.0 Å². The monoisotopic (exact) mass is 473 g/mol. The van der Waals surface area contributed by atoms with E-state index in [2.05, 4.69) is 5.32 Å². The molecular weight excluding hydrogens is 446 g/mol. The lowest BCUT2D eigenvalue weighted by atomic mass is 10.2. The van der Waals surface area contributed by atoms with E-state index in [1.807, 2.05) is 6.92 Å². The molecule has 2 aromatic rings. The number of methoxy groups -OCH3 is 1. The van der Waals surface area contributed by atoms with Crippen LogP contribution in [0.25, 0.3) is 0 Å². The van der Waals surface area contributed by atoms with Crippen LogP contribution in [-0.2, 0) is 19.4 Å². The fraction of sp³-hybridized carbons (Fsp3) is 0.348. The van der Waals surface area contributed by atoms with Gasteiger partial charge in [0, 0.05) is 33.1 Å². The number of carbonyl (C=O) groups is 3. The number of para-hydroxylation sites is 1. The van der Waals surface area contributed by atoms with Gasteiger partial charge in [0.05, 0.1) is 17.6 Å². The number of piperazine rings is 1. The molecule has 1 aliphatic rings. The molecule has 1 fully saturated rings. The third kappa shape index (κ3) is 5.33. The number of benzene rings is 2. The Hall–Kier alpha value is -3.40. The standard InChI is InChI=1S/C23H27N3O6S/c1-16-8-10-18(11-9-16)33(30,31)22(23(29)26-14-12-25(13-15-26)17(2)27)24-21(28)19-6-4-5-7-20(19)32-3/h4-11,22H,12-15H2,1-3H3,(H,24,28). The second-order valence-electron chi connectivity index (χ2n) is 7.74. The van der Waals surface area contributed by atoms with E-state index in [0.29, 0.717) is 13.1 Å². The Bertz CT molecular complexity index is 1140. The fourth-order valence-electron chi connectivity index (χ4n) is 3.57. The number of hydrogen-bond donors (Lipinski definition) is 1. The summed E-state index contributed by atoms with van der Waals surface area (Å²) in [6.07, 6.45) is 0. The molecule has 1 heterocycles. The van der Waals surface area contributed by atoms with Crippen LogP contribution in [0.5, 0.6) is 5.75 Å². The summed E-state index contributed by atoms with van der Waals surface area (Å²) in [5.41, 5.74) is 0.966. The molecule has 1 aliphatic heterocycles. The van der Waals surface area contributed by atoms with Gasteiger partial charge in [-0.15, -0.1) is 0 Å². The zero-order chi connectivity index (χ0) is 24.2. The molecule has 0 spiro atoms. The maximum absolute atomic E-state index is 13.5. The first-order valence-corrected chi connectivity index (χ1v) is 12.0. The van der Waals surface area contributed by atoms with Gasteiger partial charge in [-0.1, -0.05) is 29.8 Å².